The summed E-state index contributed by atoms with van der Waals surface area (Å²) in [7, 11) is 0. The second kappa shape index (κ2) is 6.86. The van der Waals surface area contributed by atoms with Gasteiger partial charge in [0.15, 0.2) is 0 Å². The summed E-state index contributed by atoms with van der Waals surface area (Å²) < 4.78 is 0. The van der Waals surface area contributed by atoms with Crippen LogP contribution < -0.4 is 0 Å². The van der Waals surface area contributed by atoms with Crippen LogP contribution >= 0.6 is 0 Å². The summed E-state index contributed by atoms with van der Waals surface area (Å²) in [4.78, 5) is 0. The van der Waals surface area contributed by atoms with Crippen LogP contribution in [0, 0.1) is 18.8 Å². The standard InChI is InChI=1S/C22H30/c1-4-16(2)13-18-6-9-19(10-7-18)21-12-11-20-14-17(3)5-8-22(20)15-21/h5,8,11-12,14-16,18-19H,4,6-7,9-10,13H2,1-3H3. The minimum Gasteiger partial charge on any atom is -0.0651 e. The summed E-state index contributed by atoms with van der Waals surface area (Å²) in [5.41, 5.74) is 2.92. The highest BCUT2D eigenvalue weighted by molar-refractivity contribution is 5.83. The normalized spacial score (nSPS) is 23.6. The van der Waals surface area contributed by atoms with Crippen LogP contribution in [0.4, 0.5) is 0 Å². The van der Waals surface area contributed by atoms with Gasteiger partial charge >= 0.3 is 0 Å². The molecule has 2 aromatic carbocycles. The molecule has 0 saturated heterocycles. The van der Waals surface area contributed by atoms with Crippen molar-refractivity contribution < 1.29 is 0 Å². The first-order valence-electron chi connectivity index (χ1n) is 9.16. The highest BCUT2D eigenvalue weighted by atomic mass is 14.3. The molecule has 1 aliphatic rings. The Bertz CT molecular complexity index is 617. The minimum absolute atomic E-state index is 0.791. The van der Waals surface area contributed by atoms with E-state index in [2.05, 4.69) is 57.2 Å². The van der Waals surface area contributed by atoms with Crippen molar-refractivity contribution in [2.75, 3.05) is 0 Å². The van der Waals surface area contributed by atoms with Crippen molar-refractivity contribution in [3.05, 3.63) is 47.5 Å². The van der Waals surface area contributed by atoms with Gasteiger partial charge in [-0.05, 0) is 73.1 Å². The lowest BCUT2D eigenvalue weighted by Gasteiger charge is -2.30. The van der Waals surface area contributed by atoms with Crippen LogP contribution in [0.2, 0.25) is 0 Å². The highest BCUT2D eigenvalue weighted by Crippen LogP contribution is 2.39. The first-order valence-corrected chi connectivity index (χ1v) is 9.16. The van der Waals surface area contributed by atoms with E-state index in [9.17, 15) is 0 Å². The quantitative estimate of drug-likeness (QED) is 0.578. The molecule has 0 aliphatic heterocycles. The molecule has 2 aromatic rings. The Morgan fingerprint density at radius 1 is 0.955 bits per heavy atom. The second-order valence-corrected chi connectivity index (χ2v) is 7.58. The van der Waals surface area contributed by atoms with E-state index in [0.717, 1.165) is 17.8 Å². The number of rotatable bonds is 4. The molecule has 22 heavy (non-hydrogen) atoms. The fraction of sp³-hybridized carbons (Fsp3) is 0.545. The molecule has 1 saturated carbocycles. The third-order valence-corrected chi connectivity index (χ3v) is 5.77. The number of fused-ring (bicyclic) bond motifs is 1. The van der Waals surface area contributed by atoms with Gasteiger partial charge in [-0.3, -0.25) is 0 Å². The first kappa shape index (κ1) is 15.6. The van der Waals surface area contributed by atoms with Crippen LogP contribution in [-0.4, -0.2) is 0 Å². The van der Waals surface area contributed by atoms with Crippen molar-refractivity contribution in [3.63, 3.8) is 0 Å². The summed E-state index contributed by atoms with van der Waals surface area (Å²) >= 11 is 0. The Morgan fingerprint density at radius 2 is 1.64 bits per heavy atom. The van der Waals surface area contributed by atoms with Gasteiger partial charge in [-0.25, -0.2) is 0 Å². The average molecular weight is 294 g/mol. The Kier molecular flexibility index (Phi) is 4.86. The molecule has 1 fully saturated rings. The van der Waals surface area contributed by atoms with E-state index in [0.29, 0.717) is 0 Å². The Balaban J connectivity index is 1.67. The first-order chi connectivity index (χ1) is 10.7. The van der Waals surface area contributed by atoms with Crippen molar-refractivity contribution >= 4 is 10.8 Å². The summed E-state index contributed by atoms with van der Waals surface area (Å²) in [5, 5.41) is 2.79. The highest BCUT2D eigenvalue weighted by Gasteiger charge is 2.23. The predicted octanol–water partition coefficient (Wildman–Crippen LogP) is 6.86. The molecule has 0 bridgehead atoms. The van der Waals surface area contributed by atoms with Crippen LogP contribution in [0.25, 0.3) is 10.8 Å². The van der Waals surface area contributed by atoms with Gasteiger partial charge in [0.1, 0.15) is 0 Å². The summed E-state index contributed by atoms with van der Waals surface area (Å²) in [6, 6.07) is 13.9. The van der Waals surface area contributed by atoms with Crippen molar-refractivity contribution in [2.45, 2.75) is 65.2 Å². The van der Waals surface area contributed by atoms with Gasteiger partial charge in [-0.1, -0.05) is 62.2 Å². The molecule has 1 unspecified atom stereocenters. The third-order valence-electron chi connectivity index (χ3n) is 5.77. The smallest absolute Gasteiger partial charge is 0.0162 e. The molecule has 0 radical (unpaired) electrons. The van der Waals surface area contributed by atoms with E-state index in [1.807, 2.05) is 0 Å². The van der Waals surface area contributed by atoms with E-state index >= 15 is 0 Å². The van der Waals surface area contributed by atoms with Crippen molar-refractivity contribution in [1.82, 2.24) is 0 Å². The van der Waals surface area contributed by atoms with E-state index in [4.69, 9.17) is 0 Å². The number of hydrogen-bond acceptors (Lipinski definition) is 0. The molecule has 3 rings (SSSR count). The monoisotopic (exact) mass is 294 g/mol. The maximum absolute atomic E-state index is 2.44. The molecule has 0 aromatic heterocycles. The van der Waals surface area contributed by atoms with Crippen molar-refractivity contribution in [2.24, 2.45) is 11.8 Å². The minimum atomic E-state index is 0.791. The lowest BCUT2D eigenvalue weighted by molar-refractivity contribution is 0.273. The van der Waals surface area contributed by atoms with E-state index < -0.39 is 0 Å². The Labute approximate surface area is 135 Å². The predicted molar refractivity (Wildman–Crippen MR) is 97.5 cm³/mol. The zero-order valence-electron chi connectivity index (χ0n) is 14.4. The molecule has 1 aliphatic carbocycles. The maximum Gasteiger partial charge on any atom is -0.0162 e. The van der Waals surface area contributed by atoms with Gasteiger partial charge in [0.2, 0.25) is 0 Å². The molecule has 0 heteroatoms. The van der Waals surface area contributed by atoms with Crippen LogP contribution in [0.15, 0.2) is 36.4 Å². The number of aryl methyl sites for hydroxylation is 1. The van der Waals surface area contributed by atoms with Gasteiger partial charge in [0.05, 0.1) is 0 Å². The second-order valence-electron chi connectivity index (χ2n) is 7.58. The fourth-order valence-electron chi connectivity index (χ4n) is 4.10. The van der Waals surface area contributed by atoms with Crippen LogP contribution in [-0.2, 0) is 0 Å². The molecular weight excluding hydrogens is 264 g/mol. The van der Waals surface area contributed by atoms with Crippen molar-refractivity contribution in [1.29, 1.82) is 0 Å². The van der Waals surface area contributed by atoms with Gasteiger partial charge in [-0.2, -0.15) is 0 Å². The zero-order chi connectivity index (χ0) is 15.5. The SMILES string of the molecule is CCC(C)CC1CCC(c2ccc3cc(C)ccc3c2)CC1. The topological polar surface area (TPSA) is 0 Å². The molecule has 0 spiro atoms. The van der Waals surface area contributed by atoms with Gasteiger partial charge in [-0.15, -0.1) is 0 Å². The van der Waals surface area contributed by atoms with Crippen LogP contribution in [0.1, 0.15) is 69.4 Å². The molecule has 0 nitrogen and oxygen atoms in total. The Hall–Kier alpha value is -1.30. The fourth-order valence-corrected chi connectivity index (χ4v) is 4.10. The van der Waals surface area contributed by atoms with E-state index in [-0.39, 0.29) is 0 Å². The van der Waals surface area contributed by atoms with Crippen LogP contribution in [0.5, 0.6) is 0 Å². The van der Waals surface area contributed by atoms with Gasteiger partial charge < -0.3 is 0 Å². The lowest BCUT2D eigenvalue weighted by Crippen LogP contribution is -2.15. The molecule has 1 atom stereocenters. The molecule has 0 heterocycles. The Morgan fingerprint density at radius 3 is 2.36 bits per heavy atom. The maximum atomic E-state index is 2.44. The summed E-state index contributed by atoms with van der Waals surface area (Å²) in [6.45, 7) is 6.91. The van der Waals surface area contributed by atoms with Crippen LogP contribution in [0.3, 0.4) is 0 Å². The molecule has 118 valence electrons. The largest absolute Gasteiger partial charge is 0.0651 e. The average Bonchev–Trinajstić information content (AvgIpc) is 2.55. The lowest BCUT2D eigenvalue weighted by atomic mass is 9.75. The molecule has 0 amide bonds. The third kappa shape index (κ3) is 3.54. The van der Waals surface area contributed by atoms with Gasteiger partial charge in [0.25, 0.3) is 0 Å². The molecular formula is C22H30. The zero-order valence-corrected chi connectivity index (χ0v) is 14.4. The summed E-state index contributed by atoms with van der Waals surface area (Å²) in [6.07, 6.45) is 8.42. The molecule has 0 N–H and O–H groups in total. The van der Waals surface area contributed by atoms with Crippen molar-refractivity contribution in [3.8, 4) is 0 Å². The van der Waals surface area contributed by atoms with E-state index in [1.54, 1.807) is 5.56 Å². The number of hydrogen-bond donors (Lipinski definition) is 0. The summed E-state index contributed by atoms with van der Waals surface area (Å²) in [5.74, 6) is 2.68. The number of benzene rings is 2. The van der Waals surface area contributed by atoms with Gasteiger partial charge in [0, 0.05) is 0 Å². The van der Waals surface area contributed by atoms with E-state index in [1.165, 1.54) is 54.9 Å².